The van der Waals surface area contributed by atoms with E-state index in [0.717, 1.165) is 5.56 Å². The van der Waals surface area contributed by atoms with Crippen LogP contribution in [-0.4, -0.2) is 5.91 Å². The van der Waals surface area contributed by atoms with Gasteiger partial charge >= 0.3 is 0 Å². The van der Waals surface area contributed by atoms with Crippen LogP contribution in [0, 0.1) is 0 Å². The van der Waals surface area contributed by atoms with Crippen molar-refractivity contribution in [1.29, 1.82) is 0 Å². The van der Waals surface area contributed by atoms with Crippen LogP contribution in [0.5, 0.6) is 0 Å². The van der Waals surface area contributed by atoms with Crippen LogP contribution in [0.25, 0.3) is 0 Å². The number of rotatable bonds is 3. The van der Waals surface area contributed by atoms with Gasteiger partial charge in [0.05, 0.1) is 0 Å². The molecule has 1 amide bonds. The predicted molar refractivity (Wildman–Crippen MR) is 46.0 cm³/mol. The summed E-state index contributed by atoms with van der Waals surface area (Å²) in [4.78, 5) is 10.7. The first-order chi connectivity index (χ1) is 5.74. The van der Waals surface area contributed by atoms with Crippen molar-refractivity contribution in [2.75, 3.05) is 0 Å². The number of hydrogen-bond acceptors (Lipinski definition) is 3. The zero-order valence-corrected chi connectivity index (χ0v) is 6.58. The SMILES string of the molecule is NNCc1ccc(C(N)=O)cc1. The first kappa shape index (κ1) is 8.70. The molecule has 0 radical (unpaired) electrons. The van der Waals surface area contributed by atoms with Crippen molar-refractivity contribution >= 4 is 5.91 Å². The van der Waals surface area contributed by atoms with Crippen LogP contribution in [0.2, 0.25) is 0 Å². The second-order valence-electron chi connectivity index (χ2n) is 2.44. The molecule has 4 heteroatoms. The molecule has 0 fully saturated rings. The van der Waals surface area contributed by atoms with Gasteiger partial charge in [-0.05, 0) is 17.7 Å². The maximum absolute atomic E-state index is 10.7. The number of hydrogen-bond donors (Lipinski definition) is 3. The van der Waals surface area contributed by atoms with E-state index in [4.69, 9.17) is 11.6 Å². The molecule has 0 aliphatic heterocycles. The van der Waals surface area contributed by atoms with E-state index in [1.165, 1.54) is 0 Å². The van der Waals surface area contributed by atoms with E-state index in [1.54, 1.807) is 24.3 Å². The summed E-state index contributed by atoms with van der Waals surface area (Å²) in [5.74, 6) is 4.70. The van der Waals surface area contributed by atoms with Crippen molar-refractivity contribution in [2.24, 2.45) is 11.6 Å². The van der Waals surface area contributed by atoms with E-state index in [-0.39, 0.29) is 0 Å². The maximum Gasteiger partial charge on any atom is 0.248 e. The highest BCUT2D eigenvalue weighted by molar-refractivity contribution is 5.92. The van der Waals surface area contributed by atoms with Crippen LogP contribution >= 0.6 is 0 Å². The van der Waals surface area contributed by atoms with Crippen LogP contribution in [0.4, 0.5) is 0 Å². The fourth-order valence-electron chi connectivity index (χ4n) is 0.905. The Morgan fingerprint density at radius 1 is 1.33 bits per heavy atom. The summed E-state index contributed by atoms with van der Waals surface area (Å²) in [7, 11) is 0. The molecule has 0 unspecified atom stereocenters. The van der Waals surface area contributed by atoms with Gasteiger partial charge in [0.1, 0.15) is 0 Å². The Kier molecular flexibility index (Phi) is 2.79. The molecule has 0 aliphatic carbocycles. The van der Waals surface area contributed by atoms with E-state index >= 15 is 0 Å². The highest BCUT2D eigenvalue weighted by Crippen LogP contribution is 2.02. The van der Waals surface area contributed by atoms with Crippen LogP contribution < -0.4 is 17.0 Å². The zero-order valence-electron chi connectivity index (χ0n) is 6.58. The quantitative estimate of drug-likeness (QED) is 0.426. The van der Waals surface area contributed by atoms with Crippen molar-refractivity contribution < 1.29 is 4.79 Å². The predicted octanol–water partition coefficient (Wildman–Crippen LogP) is -0.251. The molecule has 1 aromatic rings. The Labute approximate surface area is 70.5 Å². The normalized spacial score (nSPS) is 9.75. The summed E-state index contributed by atoms with van der Waals surface area (Å²) in [5, 5.41) is 0. The molecular formula is C8H11N3O. The molecular weight excluding hydrogens is 154 g/mol. The van der Waals surface area contributed by atoms with Crippen LogP contribution in [0.1, 0.15) is 15.9 Å². The Hall–Kier alpha value is -1.39. The number of hydrazine groups is 1. The first-order valence-electron chi connectivity index (χ1n) is 3.56. The van der Waals surface area contributed by atoms with Crippen molar-refractivity contribution in [1.82, 2.24) is 5.43 Å². The zero-order chi connectivity index (χ0) is 8.97. The van der Waals surface area contributed by atoms with Gasteiger partial charge in [-0.15, -0.1) is 0 Å². The molecule has 64 valence electrons. The summed E-state index contributed by atoms with van der Waals surface area (Å²) in [6, 6.07) is 6.96. The van der Waals surface area contributed by atoms with Gasteiger partial charge < -0.3 is 5.73 Å². The van der Waals surface area contributed by atoms with Gasteiger partial charge in [-0.1, -0.05) is 12.1 Å². The van der Waals surface area contributed by atoms with E-state index in [0.29, 0.717) is 12.1 Å². The minimum Gasteiger partial charge on any atom is -0.366 e. The fraction of sp³-hybridized carbons (Fsp3) is 0.125. The Morgan fingerprint density at radius 2 is 1.92 bits per heavy atom. The lowest BCUT2D eigenvalue weighted by Gasteiger charge is -1.99. The average molecular weight is 165 g/mol. The van der Waals surface area contributed by atoms with E-state index in [9.17, 15) is 4.79 Å². The Balaban J connectivity index is 2.78. The molecule has 4 nitrogen and oxygen atoms in total. The maximum atomic E-state index is 10.7. The van der Waals surface area contributed by atoms with E-state index < -0.39 is 5.91 Å². The third-order valence-corrected chi connectivity index (χ3v) is 1.54. The van der Waals surface area contributed by atoms with Crippen molar-refractivity contribution in [3.63, 3.8) is 0 Å². The minimum atomic E-state index is -0.415. The molecule has 0 saturated carbocycles. The first-order valence-corrected chi connectivity index (χ1v) is 3.56. The largest absolute Gasteiger partial charge is 0.366 e. The smallest absolute Gasteiger partial charge is 0.248 e. The highest BCUT2D eigenvalue weighted by atomic mass is 16.1. The van der Waals surface area contributed by atoms with Gasteiger partial charge in [0, 0.05) is 12.1 Å². The number of primary amides is 1. The molecule has 0 aromatic heterocycles. The number of carbonyl (C=O) groups is 1. The number of nitrogens with one attached hydrogen (secondary N) is 1. The fourth-order valence-corrected chi connectivity index (χ4v) is 0.905. The average Bonchev–Trinajstić information content (AvgIpc) is 2.06. The number of benzene rings is 1. The third-order valence-electron chi connectivity index (χ3n) is 1.54. The third kappa shape index (κ3) is 2.05. The van der Waals surface area contributed by atoms with Gasteiger partial charge in [0.15, 0.2) is 0 Å². The summed E-state index contributed by atoms with van der Waals surface area (Å²) >= 11 is 0. The van der Waals surface area contributed by atoms with Gasteiger partial charge in [0.2, 0.25) is 5.91 Å². The summed E-state index contributed by atoms with van der Waals surface area (Å²) in [5.41, 5.74) is 9.10. The van der Waals surface area contributed by atoms with E-state index in [2.05, 4.69) is 5.43 Å². The standard InChI is InChI=1S/C8H11N3O/c9-8(12)7-3-1-6(2-4-7)5-11-10/h1-4,11H,5,10H2,(H2,9,12). The Bertz CT molecular complexity index is 268. The lowest BCUT2D eigenvalue weighted by molar-refractivity contribution is 0.100. The highest BCUT2D eigenvalue weighted by Gasteiger charge is 1.98. The lowest BCUT2D eigenvalue weighted by atomic mass is 10.1. The molecule has 1 rings (SSSR count). The molecule has 0 spiro atoms. The molecule has 0 atom stereocenters. The number of amides is 1. The van der Waals surface area contributed by atoms with Crippen molar-refractivity contribution in [3.8, 4) is 0 Å². The molecule has 0 bridgehead atoms. The number of carbonyl (C=O) groups excluding carboxylic acids is 1. The Morgan fingerprint density at radius 3 is 2.33 bits per heavy atom. The number of nitrogens with two attached hydrogens (primary N) is 2. The lowest BCUT2D eigenvalue weighted by Crippen LogP contribution is -2.20. The topological polar surface area (TPSA) is 81.1 Å². The summed E-state index contributed by atoms with van der Waals surface area (Å²) in [6.07, 6.45) is 0. The second kappa shape index (κ2) is 3.85. The van der Waals surface area contributed by atoms with E-state index in [1.807, 2.05) is 0 Å². The monoisotopic (exact) mass is 165 g/mol. The van der Waals surface area contributed by atoms with Gasteiger partial charge in [-0.25, -0.2) is 0 Å². The van der Waals surface area contributed by atoms with Crippen LogP contribution in [0.3, 0.4) is 0 Å². The summed E-state index contributed by atoms with van der Waals surface area (Å²) < 4.78 is 0. The molecule has 12 heavy (non-hydrogen) atoms. The van der Waals surface area contributed by atoms with Gasteiger partial charge in [-0.2, -0.15) is 0 Å². The van der Waals surface area contributed by atoms with Crippen molar-refractivity contribution in [2.45, 2.75) is 6.54 Å². The minimum absolute atomic E-state index is 0.415. The molecule has 0 aliphatic rings. The van der Waals surface area contributed by atoms with Crippen molar-refractivity contribution in [3.05, 3.63) is 35.4 Å². The van der Waals surface area contributed by atoms with Gasteiger partial charge in [0.25, 0.3) is 0 Å². The summed E-state index contributed by atoms with van der Waals surface area (Å²) in [6.45, 7) is 0.582. The van der Waals surface area contributed by atoms with Crippen LogP contribution in [-0.2, 0) is 6.54 Å². The molecule has 0 saturated heterocycles. The van der Waals surface area contributed by atoms with Gasteiger partial charge in [-0.3, -0.25) is 16.1 Å². The second-order valence-corrected chi connectivity index (χ2v) is 2.44. The molecule has 5 N–H and O–H groups in total. The van der Waals surface area contributed by atoms with Crippen LogP contribution in [0.15, 0.2) is 24.3 Å². The molecule has 0 heterocycles. The molecule has 1 aromatic carbocycles.